The van der Waals surface area contributed by atoms with E-state index >= 15 is 0 Å². The number of nitrogens with zero attached hydrogens (tertiary/aromatic N) is 1. The second-order valence-electron chi connectivity index (χ2n) is 7.89. The molecule has 5 heteroatoms. The molecule has 0 aliphatic heterocycles. The SMILES string of the molecule is CCCC[N+](CCCC)(CCCC)CCCC.Cc1ccccc1S(=O)(=O)O. The largest absolute Gasteiger partial charge is 0.324 e. The van der Waals surface area contributed by atoms with Gasteiger partial charge in [-0.25, -0.2) is 0 Å². The Morgan fingerprint density at radius 2 is 1.11 bits per heavy atom. The monoisotopic (exact) mass is 414 g/mol. The first-order valence-electron chi connectivity index (χ1n) is 11.1. The van der Waals surface area contributed by atoms with E-state index in [0.717, 1.165) is 0 Å². The molecule has 0 bridgehead atoms. The molecule has 0 unspecified atom stereocenters. The summed E-state index contributed by atoms with van der Waals surface area (Å²) in [6.45, 7) is 16.6. The van der Waals surface area contributed by atoms with Crippen LogP contribution in [0.1, 0.15) is 84.6 Å². The lowest BCUT2D eigenvalue weighted by atomic mass is 10.1. The summed E-state index contributed by atoms with van der Waals surface area (Å²) >= 11 is 0. The van der Waals surface area contributed by atoms with Gasteiger partial charge in [-0.05, 0) is 44.2 Å². The van der Waals surface area contributed by atoms with Crippen LogP contribution < -0.4 is 0 Å². The van der Waals surface area contributed by atoms with Crippen LogP contribution in [-0.4, -0.2) is 43.6 Å². The quantitative estimate of drug-likeness (QED) is 0.307. The Balaban J connectivity index is 0.000000567. The van der Waals surface area contributed by atoms with Crippen LogP contribution in [0.4, 0.5) is 0 Å². The van der Waals surface area contributed by atoms with Gasteiger partial charge in [0, 0.05) is 0 Å². The van der Waals surface area contributed by atoms with Crippen LogP contribution in [0.3, 0.4) is 0 Å². The predicted octanol–water partition coefficient (Wildman–Crippen LogP) is 6.25. The fourth-order valence-electron chi connectivity index (χ4n) is 3.49. The van der Waals surface area contributed by atoms with E-state index in [2.05, 4.69) is 27.7 Å². The molecule has 0 fully saturated rings. The Bertz CT molecular complexity index is 577. The zero-order valence-corrected chi connectivity index (χ0v) is 19.7. The van der Waals surface area contributed by atoms with Crippen molar-refractivity contribution in [1.82, 2.24) is 0 Å². The highest BCUT2D eigenvalue weighted by molar-refractivity contribution is 7.85. The summed E-state index contributed by atoms with van der Waals surface area (Å²) < 4.78 is 31.3. The molecule has 0 saturated heterocycles. The molecule has 28 heavy (non-hydrogen) atoms. The van der Waals surface area contributed by atoms with Crippen LogP contribution in [0.2, 0.25) is 0 Å². The summed E-state index contributed by atoms with van der Waals surface area (Å²) in [5, 5.41) is 0. The van der Waals surface area contributed by atoms with E-state index in [0.29, 0.717) is 5.56 Å². The molecule has 1 rings (SSSR count). The minimum Gasteiger partial charge on any atom is -0.324 e. The van der Waals surface area contributed by atoms with Gasteiger partial charge in [0.05, 0.1) is 31.1 Å². The van der Waals surface area contributed by atoms with Crippen molar-refractivity contribution in [2.75, 3.05) is 26.2 Å². The zero-order chi connectivity index (χ0) is 21.5. The molecule has 4 nitrogen and oxygen atoms in total. The van der Waals surface area contributed by atoms with Crippen LogP contribution >= 0.6 is 0 Å². The molecule has 1 aromatic carbocycles. The summed E-state index contributed by atoms with van der Waals surface area (Å²) in [7, 11) is -4.03. The molecule has 0 atom stereocenters. The molecule has 0 aliphatic rings. The Hall–Kier alpha value is -0.910. The van der Waals surface area contributed by atoms with Crippen LogP contribution in [0.15, 0.2) is 29.2 Å². The van der Waals surface area contributed by atoms with E-state index in [1.165, 1.54) is 88.1 Å². The van der Waals surface area contributed by atoms with E-state index in [-0.39, 0.29) is 4.90 Å². The molecule has 0 amide bonds. The first kappa shape index (κ1) is 27.1. The van der Waals surface area contributed by atoms with Gasteiger partial charge in [-0.3, -0.25) is 4.55 Å². The maximum Gasteiger partial charge on any atom is 0.294 e. The van der Waals surface area contributed by atoms with E-state index in [1.54, 1.807) is 25.1 Å². The maximum absolute atomic E-state index is 10.6. The van der Waals surface area contributed by atoms with Gasteiger partial charge >= 0.3 is 0 Å². The average Bonchev–Trinajstić information content (AvgIpc) is 2.67. The molecule has 0 spiro atoms. The Labute approximate surface area is 174 Å². The Kier molecular flexibility index (Phi) is 14.5. The molecule has 1 N–H and O–H groups in total. The number of benzene rings is 1. The molecular formula is C23H44NO3S+. The second-order valence-corrected chi connectivity index (χ2v) is 9.28. The molecule has 1 aromatic rings. The van der Waals surface area contributed by atoms with Crippen LogP contribution in [0.5, 0.6) is 0 Å². The minimum atomic E-state index is -4.03. The fraction of sp³-hybridized carbons (Fsp3) is 0.739. The lowest BCUT2D eigenvalue weighted by Crippen LogP contribution is -2.50. The summed E-state index contributed by atoms with van der Waals surface area (Å²) in [6.07, 6.45) is 11.1. The number of hydrogen-bond donors (Lipinski definition) is 1. The molecule has 0 radical (unpaired) electrons. The lowest BCUT2D eigenvalue weighted by molar-refractivity contribution is -0.929. The number of unbranched alkanes of at least 4 members (excludes halogenated alkanes) is 4. The topological polar surface area (TPSA) is 54.4 Å². The van der Waals surface area contributed by atoms with Crippen molar-refractivity contribution in [1.29, 1.82) is 0 Å². The summed E-state index contributed by atoms with van der Waals surface area (Å²) in [5.41, 5.74) is 0.551. The van der Waals surface area contributed by atoms with Gasteiger partial charge < -0.3 is 4.48 Å². The van der Waals surface area contributed by atoms with Crippen molar-refractivity contribution in [3.63, 3.8) is 0 Å². The van der Waals surface area contributed by atoms with Crippen LogP contribution in [0, 0.1) is 6.92 Å². The highest BCUT2D eigenvalue weighted by Crippen LogP contribution is 2.16. The third-order valence-electron chi connectivity index (χ3n) is 5.32. The first-order valence-corrected chi connectivity index (χ1v) is 12.6. The highest BCUT2D eigenvalue weighted by atomic mass is 32.2. The van der Waals surface area contributed by atoms with Crippen molar-refractivity contribution < 1.29 is 17.5 Å². The van der Waals surface area contributed by atoms with E-state index in [4.69, 9.17) is 4.55 Å². The van der Waals surface area contributed by atoms with Gasteiger partial charge in [-0.15, -0.1) is 0 Å². The van der Waals surface area contributed by atoms with E-state index in [9.17, 15) is 8.42 Å². The fourth-order valence-corrected chi connectivity index (χ4v) is 4.22. The van der Waals surface area contributed by atoms with Gasteiger partial charge in [0.2, 0.25) is 0 Å². The third kappa shape index (κ3) is 11.2. The molecule has 0 aromatic heterocycles. The third-order valence-corrected chi connectivity index (χ3v) is 6.33. The van der Waals surface area contributed by atoms with Crippen molar-refractivity contribution in [3.8, 4) is 0 Å². The van der Waals surface area contributed by atoms with Gasteiger partial charge in [-0.1, -0.05) is 71.6 Å². The maximum atomic E-state index is 10.6. The standard InChI is InChI=1S/C16H36N.C7H8O3S/c1-5-9-13-17(14-10-6-2,15-11-7-3)16-12-8-4;1-6-4-2-3-5-7(6)11(8,9)10/h5-16H2,1-4H3;2-5H,1H3,(H,8,9,10)/q+1;. The number of rotatable bonds is 13. The number of aryl methyl sites for hydroxylation is 1. The van der Waals surface area contributed by atoms with Gasteiger partial charge in [0.1, 0.15) is 0 Å². The normalized spacial score (nSPS) is 11.8. The highest BCUT2D eigenvalue weighted by Gasteiger charge is 2.24. The summed E-state index contributed by atoms with van der Waals surface area (Å²) in [6, 6.07) is 6.27. The van der Waals surface area contributed by atoms with Crippen molar-refractivity contribution in [2.24, 2.45) is 0 Å². The Morgan fingerprint density at radius 1 is 0.750 bits per heavy atom. The smallest absolute Gasteiger partial charge is 0.294 e. The predicted molar refractivity (Wildman–Crippen MR) is 120 cm³/mol. The van der Waals surface area contributed by atoms with Crippen molar-refractivity contribution >= 4 is 10.1 Å². The number of quaternary nitrogens is 1. The van der Waals surface area contributed by atoms with Gasteiger partial charge in [-0.2, -0.15) is 8.42 Å². The van der Waals surface area contributed by atoms with Crippen LogP contribution in [-0.2, 0) is 10.1 Å². The van der Waals surface area contributed by atoms with Crippen molar-refractivity contribution in [2.45, 2.75) is 90.9 Å². The lowest BCUT2D eigenvalue weighted by Gasteiger charge is -2.39. The molecule has 0 heterocycles. The van der Waals surface area contributed by atoms with E-state index in [1.807, 2.05) is 0 Å². The number of hydrogen-bond acceptors (Lipinski definition) is 2. The summed E-state index contributed by atoms with van der Waals surface area (Å²) in [4.78, 5) is -0.0278. The molecule has 0 saturated carbocycles. The van der Waals surface area contributed by atoms with Gasteiger partial charge in [0.15, 0.2) is 0 Å². The van der Waals surface area contributed by atoms with Crippen LogP contribution in [0.25, 0.3) is 0 Å². The first-order chi connectivity index (χ1) is 13.3. The van der Waals surface area contributed by atoms with Gasteiger partial charge in [0.25, 0.3) is 10.1 Å². The zero-order valence-electron chi connectivity index (χ0n) is 18.9. The van der Waals surface area contributed by atoms with Crippen molar-refractivity contribution in [3.05, 3.63) is 29.8 Å². The molecule has 164 valence electrons. The second kappa shape index (κ2) is 15.0. The van der Waals surface area contributed by atoms with E-state index < -0.39 is 10.1 Å². The molecular weight excluding hydrogens is 370 g/mol. The minimum absolute atomic E-state index is 0.0278. The average molecular weight is 415 g/mol. The summed E-state index contributed by atoms with van der Waals surface area (Å²) in [5.74, 6) is 0. The molecule has 0 aliphatic carbocycles. The Morgan fingerprint density at radius 3 is 1.36 bits per heavy atom.